The Bertz CT molecular complexity index is 891. The first kappa shape index (κ1) is 21.3. The van der Waals surface area contributed by atoms with Gasteiger partial charge in [0.1, 0.15) is 11.5 Å². The summed E-state index contributed by atoms with van der Waals surface area (Å²) in [6.07, 6.45) is 0.637. The smallest absolute Gasteiger partial charge is 0.241 e. The summed E-state index contributed by atoms with van der Waals surface area (Å²) in [5.74, 6) is 1.64. The number of benzene rings is 2. The second-order valence-corrected chi connectivity index (χ2v) is 8.58. The van der Waals surface area contributed by atoms with Crippen LogP contribution in [-0.4, -0.2) is 22.6 Å². The van der Waals surface area contributed by atoms with E-state index >= 15 is 0 Å². The molecule has 0 aliphatic carbocycles. The Morgan fingerprint density at radius 3 is 2.15 bits per heavy atom. The summed E-state index contributed by atoms with van der Waals surface area (Å²) in [5, 5.41) is 0. The lowest BCUT2D eigenvalue weighted by Crippen LogP contribution is -2.28. The summed E-state index contributed by atoms with van der Waals surface area (Å²) in [6, 6.07) is 10.4. The molecule has 0 bridgehead atoms. The number of methoxy groups -OCH3 is 2. The maximum absolute atomic E-state index is 13.0. The minimum absolute atomic E-state index is 0.154. The topological polar surface area (TPSA) is 64.6 Å². The van der Waals surface area contributed by atoms with E-state index in [-0.39, 0.29) is 16.9 Å². The van der Waals surface area contributed by atoms with Gasteiger partial charge in [-0.05, 0) is 60.2 Å². The van der Waals surface area contributed by atoms with Crippen LogP contribution in [0.5, 0.6) is 11.5 Å². The average Bonchev–Trinajstić information content (AvgIpc) is 2.65. The fourth-order valence-electron chi connectivity index (χ4n) is 3.09. The summed E-state index contributed by atoms with van der Waals surface area (Å²) >= 11 is 0. The number of hydrogen-bond acceptors (Lipinski definition) is 4. The van der Waals surface area contributed by atoms with Gasteiger partial charge in [-0.1, -0.05) is 32.9 Å². The van der Waals surface area contributed by atoms with E-state index < -0.39 is 10.0 Å². The van der Waals surface area contributed by atoms with Crippen LogP contribution in [0.4, 0.5) is 0 Å². The van der Waals surface area contributed by atoms with Crippen molar-refractivity contribution in [1.82, 2.24) is 4.72 Å². The number of hydrogen-bond donors (Lipinski definition) is 1. The van der Waals surface area contributed by atoms with Gasteiger partial charge in [0.2, 0.25) is 10.0 Å². The molecule has 0 fully saturated rings. The van der Waals surface area contributed by atoms with E-state index in [4.69, 9.17) is 9.47 Å². The zero-order valence-electron chi connectivity index (χ0n) is 16.9. The van der Waals surface area contributed by atoms with Gasteiger partial charge in [-0.2, -0.15) is 0 Å². The molecular formula is C21H29NO4S. The van der Waals surface area contributed by atoms with Crippen molar-refractivity contribution in [2.24, 2.45) is 0 Å². The number of ether oxygens (including phenoxy) is 2. The maximum atomic E-state index is 13.0. The fraction of sp³-hybridized carbons (Fsp3) is 0.429. The molecule has 1 atom stereocenters. The number of sulfonamides is 1. The number of nitrogens with one attached hydrogen (secondary N) is 1. The van der Waals surface area contributed by atoms with Gasteiger partial charge < -0.3 is 9.47 Å². The Kier molecular flexibility index (Phi) is 6.89. The molecular weight excluding hydrogens is 362 g/mol. The molecule has 2 aromatic rings. The van der Waals surface area contributed by atoms with Gasteiger partial charge in [0.25, 0.3) is 0 Å². The van der Waals surface area contributed by atoms with E-state index in [1.807, 2.05) is 45.9 Å². The van der Waals surface area contributed by atoms with E-state index in [1.54, 1.807) is 32.4 Å². The molecule has 0 spiro atoms. The minimum Gasteiger partial charge on any atom is -0.496 e. The lowest BCUT2D eigenvalue weighted by molar-refractivity contribution is 0.407. The number of rotatable bonds is 8. The van der Waals surface area contributed by atoms with Crippen molar-refractivity contribution in [2.75, 3.05) is 14.2 Å². The van der Waals surface area contributed by atoms with Gasteiger partial charge in [0, 0.05) is 6.04 Å². The Labute approximate surface area is 162 Å². The molecule has 2 rings (SSSR count). The van der Waals surface area contributed by atoms with Crippen molar-refractivity contribution in [1.29, 1.82) is 0 Å². The third-order valence-electron chi connectivity index (χ3n) is 4.66. The van der Waals surface area contributed by atoms with E-state index in [0.29, 0.717) is 12.2 Å². The standard InChI is InChI=1S/C21H29NO4S/c1-7-19(16-8-10-20(25-5)15(4)12-16)22-27(23,24)17-9-11-21(26-6)18(13-17)14(2)3/h8-14,19,22H,7H2,1-6H3/t19-/m1/s1. The third kappa shape index (κ3) is 4.82. The molecule has 0 unspecified atom stereocenters. The van der Waals surface area contributed by atoms with Crippen molar-refractivity contribution >= 4 is 10.0 Å². The largest absolute Gasteiger partial charge is 0.496 e. The van der Waals surface area contributed by atoms with Crippen LogP contribution in [0.25, 0.3) is 0 Å². The van der Waals surface area contributed by atoms with Crippen LogP contribution in [0, 0.1) is 6.92 Å². The molecule has 0 aromatic heterocycles. The van der Waals surface area contributed by atoms with Gasteiger partial charge in [-0.15, -0.1) is 0 Å². The third-order valence-corrected chi connectivity index (χ3v) is 6.13. The van der Waals surface area contributed by atoms with Crippen LogP contribution >= 0.6 is 0 Å². The summed E-state index contributed by atoms with van der Waals surface area (Å²) < 4.78 is 39.4. The van der Waals surface area contributed by atoms with Crippen LogP contribution < -0.4 is 14.2 Å². The molecule has 2 aromatic carbocycles. The minimum atomic E-state index is -3.67. The highest BCUT2D eigenvalue weighted by molar-refractivity contribution is 7.89. The first-order chi connectivity index (χ1) is 12.7. The molecule has 0 aliphatic heterocycles. The van der Waals surface area contributed by atoms with Crippen LogP contribution in [0.3, 0.4) is 0 Å². The quantitative estimate of drug-likeness (QED) is 0.716. The van der Waals surface area contributed by atoms with Crippen molar-refractivity contribution in [2.45, 2.75) is 51.0 Å². The van der Waals surface area contributed by atoms with Gasteiger partial charge in [-0.3, -0.25) is 0 Å². The Morgan fingerprint density at radius 1 is 1.00 bits per heavy atom. The first-order valence-corrected chi connectivity index (χ1v) is 10.6. The molecule has 1 N–H and O–H groups in total. The average molecular weight is 392 g/mol. The second-order valence-electron chi connectivity index (χ2n) is 6.87. The first-order valence-electron chi connectivity index (χ1n) is 9.08. The van der Waals surface area contributed by atoms with Crippen LogP contribution in [-0.2, 0) is 10.0 Å². The van der Waals surface area contributed by atoms with Crippen LogP contribution in [0.1, 0.15) is 55.8 Å². The molecule has 6 heteroatoms. The van der Waals surface area contributed by atoms with Crippen LogP contribution in [0.2, 0.25) is 0 Å². The monoisotopic (exact) mass is 391 g/mol. The highest BCUT2D eigenvalue weighted by Crippen LogP contribution is 2.30. The predicted octanol–water partition coefficient (Wildman–Crippen LogP) is 4.57. The van der Waals surface area contributed by atoms with Crippen molar-refractivity contribution in [3.05, 3.63) is 53.1 Å². The maximum Gasteiger partial charge on any atom is 0.241 e. The Hall–Kier alpha value is -2.05. The van der Waals surface area contributed by atoms with Gasteiger partial charge in [-0.25, -0.2) is 13.1 Å². The summed E-state index contributed by atoms with van der Waals surface area (Å²) in [7, 11) is -0.453. The normalized spacial score (nSPS) is 12.9. The summed E-state index contributed by atoms with van der Waals surface area (Å²) in [6.45, 7) is 7.93. The number of aryl methyl sites for hydroxylation is 1. The second kappa shape index (κ2) is 8.76. The molecule has 0 heterocycles. The molecule has 27 heavy (non-hydrogen) atoms. The predicted molar refractivity (Wildman–Crippen MR) is 108 cm³/mol. The summed E-state index contributed by atoms with van der Waals surface area (Å²) in [4.78, 5) is 0.246. The SMILES string of the molecule is CC[C@@H](NS(=O)(=O)c1ccc(OC)c(C(C)C)c1)c1ccc(OC)c(C)c1. The highest BCUT2D eigenvalue weighted by Gasteiger charge is 2.22. The molecule has 0 saturated carbocycles. The van der Waals surface area contributed by atoms with E-state index in [2.05, 4.69) is 4.72 Å². The molecule has 148 valence electrons. The van der Waals surface area contributed by atoms with Gasteiger partial charge in [0.05, 0.1) is 19.1 Å². The molecule has 0 aliphatic rings. The lowest BCUT2D eigenvalue weighted by Gasteiger charge is -2.20. The highest BCUT2D eigenvalue weighted by atomic mass is 32.2. The molecule has 0 amide bonds. The Balaban J connectivity index is 2.36. The van der Waals surface area contributed by atoms with E-state index in [1.165, 1.54) is 0 Å². The van der Waals surface area contributed by atoms with Crippen molar-refractivity contribution in [3.63, 3.8) is 0 Å². The molecule has 0 radical (unpaired) electrons. The van der Waals surface area contributed by atoms with Gasteiger partial charge in [0.15, 0.2) is 0 Å². The summed E-state index contributed by atoms with van der Waals surface area (Å²) in [5.41, 5.74) is 2.75. The fourth-order valence-corrected chi connectivity index (χ4v) is 4.43. The van der Waals surface area contributed by atoms with Crippen LogP contribution in [0.15, 0.2) is 41.3 Å². The van der Waals surface area contributed by atoms with Gasteiger partial charge >= 0.3 is 0 Å². The zero-order valence-corrected chi connectivity index (χ0v) is 17.7. The molecule has 5 nitrogen and oxygen atoms in total. The zero-order chi connectivity index (χ0) is 20.2. The van der Waals surface area contributed by atoms with E-state index in [9.17, 15) is 8.42 Å². The molecule has 0 saturated heterocycles. The van der Waals surface area contributed by atoms with Crippen molar-refractivity contribution in [3.8, 4) is 11.5 Å². The van der Waals surface area contributed by atoms with Crippen molar-refractivity contribution < 1.29 is 17.9 Å². The lowest BCUT2D eigenvalue weighted by atomic mass is 10.0. The Morgan fingerprint density at radius 2 is 1.63 bits per heavy atom. The van der Waals surface area contributed by atoms with E-state index in [0.717, 1.165) is 22.4 Å².